The summed E-state index contributed by atoms with van der Waals surface area (Å²) in [6.07, 6.45) is 2.05. The predicted molar refractivity (Wildman–Crippen MR) is 126 cm³/mol. The third-order valence-electron chi connectivity index (χ3n) is 5.97. The van der Waals surface area contributed by atoms with Gasteiger partial charge in [-0.05, 0) is 30.2 Å². The minimum atomic E-state index is -1.27. The number of aromatic nitrogens is 1. The summed E-state index contributed by atoms with van der Waals surface area (Å²) in [5.41, 5.74) is 1.78. The molecule has 4 nitrogen and oxygen atoms in total. The molecule has 0 unspecified atom stereocenters. The van der Waals surface area contributed by atoms with Gasteiger partial charge in [-0.1, -0.05) is 32.0 Å². The molecule has 2 aromatic carbocycles. The van der Waals surface area contributed by atoms with Gasteiger partial charge in [-0.2, -0.15) is 0 Å². The highest BCUT2D eigenvalue weighted by molar-refractivity contribution is 7.21. The number of amides is 1. The molecule has 0 saturated carbocycles. The molecule has 3 heterocycles. The summed E-state index contributed by atoms with van der Waals surface area (Å²) in [7, 11) is 0. The van der Waals surface area contributed by atoms with Crippen LogP contribution in [0.4, 0.5) is 13.2 Å². The van der Waals surface area contributed by atoms with Crippen LogP contribution in [0.1, 0.15) is 53.0 Å². The van der Waals surface area contributed by atoms with E-state index in [1.807, 2.05) is 38.1 Å². The van der Waals surface area contributed by atoms with Gasteiger partial charge in [0, 0.05) is 29.3 Å². The van der Waals surface area contributed by atoms with Crippen molar-refractivity contribution in [2.75, 3.05) is 6.61 Å². The molecule has 0 radical (unpaired) electrons. The van der Waals surface area contributed by atoms with Crippen LogP contribution in [0.5, 0.6) is 5.75 Å². The van der Waals surface area contributed by atoms with Crippen LogP contribution in [-0.2, 0) is 0 Å². The number of para-hydroxylation sites is 1. The van der Waals surface area contributed by atoms with Gasteiger partial charge in [-0.15, -0.1) is 11.3 Å². The number of thiophene rings is 1. The number of nitrogens with zero attached hydrogens (tertiary/aromatic N) is 1. The number of pyridine rings is 1. The van der Waals surface area contributed by atoms with Gasteiger partial charge < -0.3 is 10.1 Å². The van der Waals surface area contributed by atoms with Crippen molar-refractivity contribution in [2.24, 2.45) is 0 Å². The second kappa shape index (κ2) is 8.76. The van der Waals surface area contributed by atoms with Gasteiger partial charge in [0.25, 0.3) is 5.91 Å². The minimum Gasteiger partial charge on any atom is -0.493 e. The van der Waals surface area contributed by atoms with Crippen LogP contribution >= 0.6 is 11.3 Å². The molecule has 1 aliphatic heterocycles. The highest BCUT2D eigenvalue weighted by Crippen LogP contribution is 2.42. The zero-order chi connectivity index (χ0) is 24.0. The smallest absolute Gasteiger partial charge is 0.262 e. The van der Waals surface area contributed by atoms with Crippen LogP contribution in [0.3, 0.4) is 0 Å². The van der Waals surface area contributed by atoms with Crippen molar-refractivity contribution < 1.29 is 22.7 Å². The van der Waals surface area contributed by atoms with Gasteiger partial charge in [0.1, 0.15) is 11.6 Å². The van der Waals surface area contributed by atoms with Crippen LogP contribution in [0, 0.1) is 17.5 Å². The number of rotatable bonds is 4. The molecule has 4 aromatic rings. The Morgan fingerprint density at radius 1 is 1.12 bits per heavy atom. The molecule has 2 aromatic heterocycles. The van der Waals surface area contributed by atoms with E-state index >= 15 is 0 Å². The molecule has 1 aliphatic rings. The van der Waals surface area contributed by atoms with E-state index in [-0.39, 0.29) is 23.4 Å². The molecule has 0 saturated heterocycles. The summed E-state index contributed by atoms with van der Waals surface area (Å²) in [5.74, 6) is -2.92. The van der Waals surface area contributed by atoms with Crippen LogP contribution < -0.4 is 10.1 Å². The van der Waals surface area contributed by atoms with E-state index < -0.39 is 23.0 Å². The van der Waals surface area contributed by atoms with Crippen molar-refractivity contribution in [1.29, 1.82) is 0 Å². The highest BCUT2D eigenvalue weighted by Gasteiger charge is 2.29. The van der Waals surface area contributed by atoms with Crippen molar-refractivity contribution in [2.45, 2.75) is 32.2 Å². The molecule has 0 spiro atoms. The lowest BCUT2D eigenvalue weighted by molar-refractivity contribution is 0.0928. The Morgan fingerprint density at radius 2 is 1.88 bits per heavy atom. The first-order valence-corrected chi connectivity index (χ1v) is 11.8. The molecule has 0 aliphatic carbocycles. The summed E-state index contributed by atoms with van der Waals surface area (Å²) in [6.45, 7) is 4.34. The van der Waals surface area contributed by atoms with Gasteiger partial charge in [0.05, 0.1) is 33.3 Å². The van der Waals surface area contributed by atoms with Crippen LogP contribution in [-0.4, -0.2) is 17.5 Å². The Balaban J connectivity index is 1.62. The Hall–Kier alpha value is -3.39. The van der Waals surface area contributed by atoms with E-state index in [9.17, 15) is 18.0 Å². The van der Waals surface area contributed by atoms with E-state index in [0.29, 0.717) is 33.7 Å². The maximum Gasteiger partial charge on any atom is 0.262 e. The number of fused-ring (bicyclic) bond motifs is 2. The van der Waals surface area contributed by atoms with Gasteiger partial charge in [-0.3, -0.25) is 9.78 Å². The normalized spacial score (nSPS) is 15.3. The summed E-state index contributed by atoms with van der Waals surface area (Å²) in [6, 6.07) is 10.4. The third-order valence-corrected chi connectivity index (χ3v) is 7.20. The quantitative estimate of drug-likeness (QED) is 0.327. The molecular formula is C26H21F3N2O2S. The fourth-order valence-electron chi connectivity index (χ4n) is 4.40. The molecule has 1 atom stereocenters. The van der Waals surface area contributed by atoms with Gasteiger partial charge in [0.2, 0.25) is 0 Å². The number of hydrogen-bond donors (Lipinski definition) is 1. The first-order valence-electron chi connectivity index (χ1n) is 10.9. The fraction of sp³-hybridized carbons (Fsp3) is 0.231. The summed E-state index contributed by atoms with van der Waals surface area (Å²) < 4.78 is 49.3. The van der Waals surface area contributed by atoms with E-state index in [1.54, 1.807) is 0 Å². The first-order chi connectivity index (χ1) is 16.4. The highest BCUT2D eigenvalue weighted by atomic mass is 32.1. The number of halogens is 3. The van der Waals surface area contributed by atoms with Gasteiger partial charge in [-0.25, -0.2) is 13.2 Å². The molecule has 0 fully saturated rings. The molecule has 5 rings (SSSR count). The second-order valence-electron chi connectivity index (χ2n) is 8.46. The van der Waals surface area contributed by atoms with Crippen molar-refractivity contribution in [3.63, 3.8) is 0 Å². The molecule has 0 bridgehead atoms. The maximum absolute atomic E-state index is 14.6. The zero-order valence-electron chi connectivity index (χ0n) is 18.5. The average molecular weight is 483 g/mol. The van der Waals surface area contributed by atoms with Crippen molar-refractivity contribution in [3.05, 3.63) is 82.1 Å². The number of hydrogen-bond acceptors (Lipinski definition) is 4. The largest absolute Gasteiger partial charge is 0.493 e. The van der Waals surface area contributed by atoms with Crippen molar-refractivity contribution >= 4 is 27.5 Å². The topological polar surface area (TPSA) is 51.2 Å². The third kappa shape index (κ3) is 3.72. The van der Waals surface area contributed by atoms with E-state index in [4.69, 9.17) is 4.74 Å². The number of carbonyl (C=O) groups is 1. The Labute approximate surface area is 198 Å². The van der Waals surface area contributed by atoms with E-state index in [2.05, 4.69) is 10.3 Å². The monoisotopic (exact) mass is 482 g/mol. The number of benzene rings is 2. The number of nitrogens with one attached hydrogen (secondary N) is 1. The number of ether oxygens (including phenoxy) is 1. The van der Waals surface area contributed by atoms with Crippen molar-refractivity contribution in [3.8, 4) is 16.9 Å². The van der Waals surface area contributed by atoms with E-state index in [1.165, 1.54) is 12.3 Å². The summed E-state index contributed by atoms with van der Waals surface area (Å²) in [5, 5.41) is 3.09. The Kier molecular flexibility index (Phi) is 5.77. The number of carbonyl (C=O) groups excluding carboxylic acids is 1. The predicted octanol–water partition coefficient (Wildman–Crippen LogP) is 6.76. The summed E-state index contributed by atoms with van der Waals surface area (Å²) in [4.78, 5) is 18.3. The summed E-state index contributed by atoms with van der Waals surface area (Å²) >= 11 is 1.11. The first kappa shape index (κ1) is 22.4. The van der Waals surface area contributed by atoms with Gasteiger partial charge in [0.15, 0.2) is 11.6 Å². The van der Waals surface area contributed by atoms with Crippen molar-refractivity contribution in [1.82, 2.24) is 10.3 Å². The maximum atomic E-state index is 14.6. The lowest BCUT2D eigenvalue weighted by Crippen LogP contribution is -2.32. The lowest BCUT2D eigenvalue weighted by atomic mass is 9.98. The molecule has 1 N–H and O–H groups in total. The SMILES string of the molecule is CC(C)c1c(C(=O)N[C@H]2CCOc3ccccc32)sc2c(-c3c(F)ccc(F)c3F)ccnc12. The van der Waals surface area contributed by atoms with Gasteiger partial charge >= 0.3 is 0 Å². The molecule has 1 amide bonds. The Morgan fingerprint density at radius 3 is 2.68 bits per heavy atom. The van der Waals surface area contributed by atoms with Crippen LogP contribution in [0.25, 0.3) is 21.3 Å². The molecule has 8 heteroatoms. The molecule has 34 heavy (non-hydrogen) atoms. The zero-order valence-corrected chi connectivity index (χ0v) is 19.3. The second-order valence-corrected chi connectivity index (χ2v) is 9.48. The average Bonchev–Trinajstić information content (AvgIpc) is 3.23. The van der Waals surface area contributed by atoms with Crippen LogP contribution in [0.2, 0.25) is 0 Å². The Bertz CT molecular complexity index is 1420. The molecule has 174 valence electrons. The minimum absolute atomic E-state index is 0.0820. The lowest BCUT2D eigenvalue weighted by Gasteiger charge is -2.26. The van der Waals surface area contributed by atoms with E-state index in [0.717, 1.165) is 34.8 Å². The fourth-order valence-corrected chi connectivity index (χ4v) is 5.74. The standard InChI is InChI=1S/C26H21F3N2O2S/c1-13(2)20-23-24(15(9-11-30-23)21-16(27)7-8-17(28)22(21)29)34-25(20)26(32)31-18-10-12-33-19-6-4-3-5-14(18)19/h3-9,11,13,18H,10,12H2,1-2H3,(H,31,32)/t18-/m0/s1. The molecular weight excluding hydrogens is 461 g/mol. The van der Waals surface area contributed by atoms with Crippen LogP contribution in [0.15, 0.2) is 48.7 Å².